The third-order valence-corrected chi connectivity index (χ3v) is 5.10. The van der Waals surface area contributed by atoms with Gasteiger partial charge in [-0.15, -0.1) is 0 Å². The molecular weight excluding hydrogens is 290 g/mol. The minimum absolute atomic E-state index is 0.908. The van der Waals surface area contributed by atoms with E-state index in [2.05, 4.69) is 38.0 Å². The SMILES string of the molecule is Cc1nn(CCNCC2CCCCC2)c(C)c1Br. The van der Waals surface area contributed by atoms with E-state index in [1.807, 2.05) is 6.92 Å². The number of nitrogens with one attached hydrogen (secondary N) is 1. The number of hydrogen-bond donors (Lipinski definition) is 1. The summed E-state index contributed by atoms with van der Waals surface area (Å²) in [5.41, 5.74) is 2.31. The zero-order valence-corrected chi connectivity index (χ0v) is 13.1. The molecular formula is C14H24BrN3. The quantitative estimate of drug-likeness (QED) is 0.844. The summed E-state index contributed by atoms with van der Waals surface area (Å²) >= 11 is 3.57. The molecule has 1 saturated carbocycles. The third kappa shape index (κ3) is 3.58. The smallest absolute Gasteiger partial charge is 0.0738 e. The van der Waals surface area contributed by atoms with E-state index in [9.17, 15) is 0 Å². The fourth-order valence-corrected chi connectivity index (χ4v) is 3.06. The first kappa shape index (κ1) is 14.1. The van der Waals surface area contributed by atoms with Crippen molar-refractivity contribution < 1.29 is 0 Å². The second-order valence-corrected chi connectivity index (χ2v) is 6.21. The fourth-order valence-electron chi connectivity index (χ4n) is 2.78. The van der Waals surface area contributed by atoms with Gasteiger partial charge in [0.15, 0.2) is 0 Å². The van der Waals surface area contributed by atoms with Gasteiger partial charge < -0.3 is 5.32 Å². The van der Waals surface area contributed by atoms with Crippen LogP contribution in [-0.2, 0) is 6.54 Å². The van der Waals surface area contributed by atoms with E-state index >= 15 is 0 Å². The molecule has 0 aromatic carbocycles. The lowest BCUT2D eigenvalue weighted by Crippen LogP contribution is -2.28. The van der Waals surface area contributed by atoms with Crippen molar-refractivity contribution in [2.75, 3.05) is 13.1 Å². The molecule has 0 aliphatic heterocycles. The second kappa shape index (κ2) is 6.71. The Morgan fingerprint density at radius 3 is 2.61 bits per heavy atom. The van der Waals surface area contributed by atoms with Crippen LogP contribution in [0.3, 0.4) is 0 Å². The van der Waals surface area contributed by atoms with Crippen LogP contribution < -0.4 is 5.32 Å². The van der Waals surface area contributed by atoms with Crippen molar-refractivity contribution in [1.29, 1.82) is 0 Å². The maximum absolute atomic E-state index is 4.52. The molecule has 0 bridgehead atoms. The molecule has 1 aromatic rings. The predicted octanol–water partition coefficient (Wildman–Crippen LogP) is 3.43. The van der Waals surface area contributed by atoms with Gasteiger partial charge in [0.2, 0.25) is 0 Å². The Labute approximate surface area is 118 Å². The normalized spacial score (nSPS) is 17.3. The summed E-state index contributed by atoms with van der Waals surface area (Å²) < 4.78 is 3.24. The summed E-state index contributed by atoms with van der Waals surface area (Å²) in [6, 6.07) is 0. The van der Waals surface area contributed by atoms with Crippen LogP contribution >= 0.6 is 15.9 Å². The molecule has 4 heteroatoms. The molecule has 2 rings (SSSR count). The van der Waals surface area contributed by atoms with Crippen LogP contribution in [0.25, 0.3) is 0 Å². The number of halogens is 1. The van der Waals surface area contributed by atoms with Crippen molar-refractivity contribution in [3.05, 3.63) is 15.9 Å². The van der Waals surface area contributed by atoms with Gasteiger partial charge in [-0.1, -0.05) is 19.3 Å². The first-order valence-electron chi connectivity index (χ1n) is 7.08. The van der Waals surface area contributed by atoms with Crippen molar-refractivity contribution in [3.63, 3.8) is 0 Å². The number of aryl methyl sites for hydroxylation is 1. The molecule has 0 spiro atoms. The van der Waals surface area contributed by atoms with E-state index < -0.39 is 0 Å². The molecule has 0 unspecified atom stereocenters. The Hall–Kier alpha value is -0.350. The summed E-state index contributed by atoms with van der Waals surface area (Å²) in [4.78, 5) is 0. The molecule has 1 fully saturated rings. The average Bonchev–Trinajstić information content (AvgIpc) is 2.64. The Bertz CT molecular complexity index is 381. The highest BCUT2D eigenvalue weighted by molar-refractivity contribution is 9.10. The summed E-state index contributed by atoms with van der Waals surface area (Å²) in [6.45, 7) is 7.32. The molecule has 0 saturated heterocycles. The predicted molar refractivity (Wildman–Crippen MR) is 78.8 cm³/mol. The van der Waals surface area contributed by atoms with E-state index in [-0.39, 0.29) is 0 Å². The molecule has 3 nitrogen and oxygen atoms in total. The van der Waals surface area contributed by atoms with Crippen LogP contribution in [0.4, 0.5) is 0 Å². The maximum Gasteiger partial charge on any atom is 0.0738 e. The number of hydrogen-bond acceptors (Lipinski definition) is 2. The van der Waals surface area contributed by atoms with Gasteiger partial charge in [0, 0.05) is 12.2 Å². The molecule has 1 N–H and O–H groups in total. The van der Waals surface area contributed by atoms with Crippen LogP contribution in [-0.4, -0.2) is 22.9 Å². The lowest BCUT2D eigenvalue weighted by atomic mass is 9.89. The zero-order chi connectivity index (χ0) is 13.0. The highest BCUT2D eigenvalue weighted by Gasteiger charge is 2.13. The van der Waals surface area contributed by atoms with Crippen molar-refractivity contribution >= 4 is 15.9 Å². The fraction of sp³-hybridized carbons (Fsp3) is 0.786. The molecule has 1 aliphatic carbocycles. The summed E-state index contributed by atoms with van der Waals surface area (Å²) in [5.74, 6) is 0.908. The summed E-state index contributed by atoms with van der Waals surface area (Å²) in [7, 11) is 0. The molecule has 102 valence electrons. The van der Waals surface area contributed by atoms with Gasteiger partial charge in [0.1, 0.15) is 0 Å². The number of aromatic nitrogens is 2. The lowest BCUT2D eigenvalue weighted by molar-refractivity contribution is 0.339. The molecule has 18 heavy (non-hydrogen) atoms. The van der Waals surface area contributed by atoms with Crippen LogP contribution in [0.1, 0.15) is 43.5 Å². The highest BCUT2D eigenvalue weighted by atomic mass is 79.9. The largest absolute Gasteiger partial charge is 0.315 e. The van der Waals surface area contributed by atoms with Crippen molar-refractivity contribution in [2.24, 2.45) is 5.92 Å². The Morgan fingerprint density at radius 2 is 2.00 bits per heavy atom. The highest BCUT2D eigenvalue weighted by Crippen LogP contribution is 2.22. The first-order valence-corrected chi connectivity index (χ1v) is 7.88. The Morgan fingerprint density at radius 1 is 1.28 bits per heavy atom. The van der Waals surface area contributed by atoms with E-state index in [0.717, 1.165) is 29.2 Å². The van der Waals surface area contributed by atoms with Gasteiger partial charge in [-0.25, -0.2) is 0 Å². The van der Waals surface area contributed by atoms with Gasteiger partial charge in [0.05, 0.1) is 16.7 Å². The van der Waals surface area contributed by atoms with Crippen LogP contribution in [0, 0.1) is 19.8 Å². The molecule has 0 radical (unpaired) electrons. The number of rotatable bonds is 5. The summed E-state index contributed by atoms with van der Waals surface area (Å²) in [5, 5.41) is 8.11. The Balaban J connectivity index is 1.70. The van der Waals surface area contributed by atoms with E-state index in [0.29, 0.717) is 0 Å². The molecule has 0 atom stereocenters. The van der Waals surface area contributed by atoms with Crippen LogP contribution in [0.2, 0.25) is 0 Å². The van der Waals surface area contributed by atoms with Crippen molar-refractivity contribution in [2.45, 2.75) is 52.5 Å². The minimum atomic E-state index is 0.908. The van der Waals surface area contributed by atoms with Gasteiger partial charge in [-0.3, -0.25) is 4.68 Å². The van der Waals surface area contributed by atoms with Crippen molar-refractivity contribution in [3.8, 4) is 0 Å². The van der Waals surface area contributed by atoms with Gasteiger partial charge in [0.25, 0.3) is 0 Å². The summed E-state index contributed by atoms with van der Waals surface area (Å²) in [6.07, 6.45) is 7.13. The monoisotopic (exact) mass is 313 g/mol. The van der Waals surface area contributed by atoms with E-state index in [1.54, 1.807) is 0 Å². The first-order chi connectivity index (χ1) is 8.68. The van der Waals surface area contributed by atoms with Crippen molar-refractivity contribution in [1.82, 2.24) is 15.1 Å². The zero-order valence-electron chi connectivity index (χ0n) is 11.5. The molecule has 1 aliphatic rings. The molecule has 0 amide bonds. The third-order valence-electron chi connectivity index (χ3n) is 3.95. The van der Waals surface area contributed by atoms with E-state index in [1.165, 1.54) is 44.3 Å². The topological polar surface area (TPSA) is 29.9 Å². The van der Waals surface area contributed by atoms with Gasteiger partial charge in [-0.05, 0) is 55.1 Å². The van der Waals surface area contributed by atoms with Gasteiger partial charge in [-0.2, -0.15) is 5.10 Å². The average molecular weight is 314 g/mol. The van der Waals surface area contributed by atoms with Crippen LogP contribution in [0.5, 0.6) is 0 Å². The van der Waals surface area contributed by atoms with Crippen LogP contribution in [0.15, 0.2) is 4.47 Å². The minimum Gasteiger partial charge on any atom is -0.315 e. The lowest BCUT2D eigenvalue weighted by Gasteiger charge is -2.21. The number of nitrogens with zero attached hydrogens (tertiary/aromatic N) is 2. The molecule has 1 heterocycles. The standard InChI is InChI=1S/C14H24BrN3/c1-11-14(15)12(2)18(17-11)9-8-16-10-13-6-4-3-5-7-13/h13,16H,3-10H2,1-2H3. The second-order valence-electron chi connectivity index (χ2n) is 5.42. The molecule has 1 aromatic heterocycles. The Kier molecular flexibility index (Phi) is 5.25. The van der Waals surface area contributed by atoms with Gasteiger partial charge >= 0.3 is 0 Å². The van der Waals surface area contributed by atoms with E-state index in [4.69, 9.17) is 0 Å². The maximum atomic E-state index is 4.52.